The first-order valence-electron chi connectivity index (χ1n) is 11.8. The van der Waals surface area contributed by atoms with Crippen LogP contribution in [0.3, 0.4) is 0 Å². The molecular weight excluding hydrogens is 388 g/mol. The zero-order valence-electron chi connectivity index (χ0n) is 20.5. The zero-order chi connectivity index (χ0) is 22.9. The number of hydrogen-bond donors (Lipinski definition) is 2. The summed E-state index contributed by atoms with van der Waals surface area (Å²) in [5.74, 6) is 0.498. The summed E-state index contributed by atoms with van der Waals surface area (Å²) in [7, 11) is -2.01. The van der Waals surface area contributed by atoms with Crippen LogP contribution in [-0.4, -0.2) is 36.8 Å². The number of hydrogen-bond acceptors (Lipinski definition) is 3. The van der Waals surface area contributed by atoms with Gasteiger partial charge in [0.15, 0.2) is 0 Å². The van der Waals surface area contributed by atoms with Crippen molar-refractivity contribution in [2.45, 2.75) is 110 Å². The lowest BCUT2D eigenvalue weighted by Crippen LogP contribution is -2.50. The number of rotatable bonds is 13. The highest BCUT2D eigenvalue weighted by Crippen LogP contribution is 2.43. The summed E-state index contributed by atoms with van der Waals surface area (Å²) >= 11 is 0. The Morgan fingerprint density at radius 1 is 0.833 bits per heavy atom. The average molecular weight is 435 g/mol. The lowest BCUT2D eigenvalue weighted by Gasteiger charge is -2.44. The van der Waals surface area contributed by atoms with E-state index in [2.05, 4.69) is 67.5 Å². The Morgan fingerprint density at radius 2 is 1.37 bits per heavy atom. The molecule has 3 nitrogen and oxygen atoms in total. The Bertz CT molecular complexity index is 588. The first-order chi connectivity index (χ1) is 14.0. The number of aliphatic hydroxyl groups excluding tert-OH is 2. The van der Waals surface area contributed by atoms with Gasteiger partial charge >= 0.3 is 0 Å². The molecule has 0 aliphatic carbocycles. The summed E-state index contributed by atoms with van der Waals surface area (Å²) < 4.78 is 6.95. The minimum atomic E-state index is -2.01. The van der Waals surface area contributed by atoms with Gasteiger partial charge in [0.05, 0.1) is 18.3 Å². The van der Waals surface area contributed by atoms with Crippen LogP contribution in [0.2, 0.25) is 16.6 Å². The second kappa shape index (κ2) is 12.8. The van der Waals surface area contributed by atoms with Crippen molar-refractivity contribution in [3.63, 3.8) is 0 Å². The summed E-state index contributed by atoms with van der Waals surface area (Å²) in [6.07, 6.45) is 4.29. The predicted molar refractivity (Wildman–Crippen MR) is 131 cm³/mol. The maximum atomic E-state index is 10.5. The fraction of sp³-hybridized carbons (Fsp3) is 0.692. The molecule has 172 valence electrons. The number of aryl methyl sites for hydroxylation is 1. The Hall–Kier alpha value is -0.943. The van der Waals surface area contributed by atoms with Crippen LogP contribution < -0.4 is 0 Å². The molecule has 0 bridgehead atoms. The van der Waals surface area contributed by atoms with E-state index in [4.69, 9.17) is 4.43 Å². The van der Waals surface area contributed by atoms with Gasteiger partial charge in [0, 0.05) is 0 Å². The predicted octanol–water partition coefficient (Wildman–Crippen LogP) is 6.50. The summed E-state index contributed by atoms with van der Waals surface area (Å²) in [6, 6.07) is 10.1. The first-order valence-corrected chi connectivity index (χ1v) is 13.9. The Balaban J connectivity index is 2.88. The average Bonchev–Trinajstić information content (AvgIpc) is 2.67. The standard InChI is InChI=1S/C26H46O3Si/c1-19(2)18-24(29-30(20(3)4,21(5)6)22(7)8)15-17-26(28)25(27)16-14-23-12-10-9-11-13-23/h9-13,15,17,19-22,24-28H,14,16,18H2,1-8H3/b17-15-/t24-,25-,26+/m1/s1. The van der Waals surface area contributed by atoms with Crippen molar-refractivity contribution in [3.05, 3.63) is 48.0 Å². The molecule has 0 unspecified atom stereocenters. The third-order valence-corrected chi connectivity index (χ3v) is 12.4. The Labute approximate surface area is 186 Å². The molecule has 0 amide bonds. The van der Waals surface area contributed by atoms with Crippen molar-refractivity contribution >= 4 is 8.32 Å². The molecule has 0 aliphatic rings. The summed E-state index contributed by atoms with van der Waals surface area (Å²) in [4.78, 5) is 0. The lowest BCUT2D eigenvalue weighted by molar-refractivity contribution is 0.0427. The van der Waals surface area contributed by atoms with Crippen LogP contribution in [0.1, 0.15) is 73.8 Å². The molecule has 0 saturated carbocycles. The highest BCUT2D eigenvalue weighted by atomic mass is 28.4. The van der Waals surface area contributed by atoms with Gasteiger partial charge in [-0.05, 0) is 47.4 Å². The SMILES string of the molecule is CC(C)C[C@@H](/C=C\[C@H](O)[C@H](O)CCc1ccccc1)O[Si](C(C)C)(C(C)C)C(C)C. The van der Waals surface area contributed by atoms with Gasteiger partial charge in [0.2, 0.25) is 8.32 Å². The molecule has 3 atom stereocenters. The quantitative estimate of drug-likeness (QED) is 0.275. The molecule has 0 fully saturated rings. The van der Waals surface area contributed by atoms with Crippen LogP contribution in [0.25, 0.3) is 0 Å². The van der Waals surface area contributed by atoms with Crippen molar-refractivity contribution in [2.24, 2.45) is 5.92 Å². The van der Waals surface area contributed by atoms with E-state index in [0.29, 0.717) is 29.0 Å². The summed E-state index contributed by atoms with van der Waals surface area (Å²) in [5.41, 5.74) is 2.72. The topological polar surface area (TPSA) is 49.7 Å². The molecule has 30 heavy (non-hydrogen) atoms. The fourth-order valence-electron chi connectivity index (χ4n) is 4.80. The van der Waals surface area contributed by atoms with Gasteiger partial charge in [-0.2, -0.15) is 0 Å². The van der Waals surface area contributed by atoms with Crippen LogP contribution in [0.15, 0.2) is 42.5 Å². The molecule has 1 aromatic rings. The molecule has 0 spiro atoms. The van der Waals surface area contributed by atoms with E-state index in [-0.39, 0.29) is 6.10 Å². The smallest absolute Gasteiger partial charge is 0.201 e. The molecular formula is C26H46O3Si. The van der Waals surface area contributed by atoms with Crippen molar-refractivity contribution in [1.82, 2.24) is 0 Å². The van der Waals surface area contributed by atoms with Crippen LogP contribution in [0, 0.1) is 5.92 Å². The molecule has 2 N–H and O–H groups in total. The second-order valence-corrected chi connectivity index (χ2v) is 15.5. The lowest BCUT2D eigenvalue weighted by atomic mass is 10.0. The molecule has 0 saturated heterocycles. The van der Waals surface area contributed by atoms with Gasteiger partial charge in [0.25, 0.3) is 0 Å². The van der Waals surface area contributed by atoms with Crippen LogP contribution in [0.5, 0.6) is 0 Å². The van der Waals surface area contributed by atoms with Crippen molar-refractivity contribution in [2.75, 3.05) is 0 Å². The minimum Gasteiger partial charge on any atom is -0.410 e. The van der Waals surface area contributed by atoms with E-state index in [1.54, 1.807) is 6.08 Å². The second-order valence-electron chi connectivity index (χ2n) is 10.1. The van der Waals surface area contributed by atoms with E-state index in [1.807, 2.05) is 24.3 Å². The highest BCUT2D eigenvalue weighted by molar-refractivity contribution is 6.77. The van der Waals surface area contributed by atoms with Crippen LogP contribution in [0.4, 0.5) is 0 Å². The molecule has 1 aromatic carbocycles. The Kier molecular flexibility index (Phi) is 11.6. The van der Waals surface area contributed by atoms with Crippen molar-refractivity contribution in [1.29, 1.82) is 0 Å². The molecule has 0 aliphatic heterocycles. The third kappa shape index (κ3) is 7.95. The van der Waals surface area contributed by atoms with E-state index >= 15 is 0 Å². The Morgan fingerprint density at radius 3 is 1.83 bits per heavy atom. The monoisotopic (exact) mass is 434 g/mol. The maximum Gasteiger partial charge on any atom is 0.201 e. The summed E-state index contributed by atoms with van der Waals surface area (Å²) in [5, 5.41) is 21.0. The largest absolute Gasteiger partial charge is 0.410 e. The summed E-state index contributed by atoms with van der Waals surface area (Å²) in [6.45, 7) is 18.2. The van der Waals surface area contributed by atoms with Crippen molar-refractivity contribution in [3.8, 4) is 0 Å². The zero-order valence-corrected chi connectivity index (χ0v) is 21.5. The molecule has 0 aromatic heterocycles. The first kappa shape index (κ1) is 27.1. The number of aliphatic hydroxyl groups is 2. The van der Waals surface area contributed by atoms with Gasteiger partial charge in [0.1, 0.15) is 0 Å². The third-order valence-electron chi connectivity index (χ3n) is 6.26. The van der Waals surface area contributed by atoms with Gasteiger partial charge in [-0.3, -0.25) is 0 Å². The number of benzene rings is 1. The van der Waals surface area contributed by atoms with Crippen LogP contribution >= 0.6 is 0 Å². The maximum absolute atomic E-state index is 10.5. The van der Waals surface area contributed by atoms with E-state index < -0.39 is 20.5 Å². The van der Waals surface area contributed by atoms with Crippen molar-refractivity contribution < 1.29 is 14.6 Å². The van der Waals surface area contributed by atoms with E-state index in [9.17, 15) is 10.2 Å². The van der Waals surface area contributed by atoms with Gasteiger partial charge in [-0.1, -0.05) is 97.9 Å². The molecule has 0 heterocycles. The normalized spacial score (nSPS) is 16.2. The van der Waals surface area contributed by atoms with E-state index in [0.717, 1.165) is 12.8 Å². The van der Waals surface area contributed by atoms with Gasteiger partial charge < -0.3 is 14.6 Å². The minimum absolute atomic E-state index is 0.0279. The molecule has 4 heteroatoms. The molecule has 0 radical (unpaired) electrons. The highest BCUT2D eigenvalue weighted by Gasteiger charge is 2.46. The molecule has 1 rings (SSSR count). The fourth-order valence-corrected chi connectivity index (χ4v) is 10.3. The van der Waals surface area contributed by atoms with E-state index in [1.165, 1.54) is 5.56 Å². The van der Waals surface area contributed by atoms with Gasteiger partial charge in [-0.25, -0.2) is 0 Å². The van der Waals surface area contributed by atoms with Gasteiger partial charge in [-0.15, -0.1) is 0 Å². The van der Waals surface area contributed by atoms with Crippen LogP contribution in [-0.2, 0) is 10.8 Å².